The molecule has 0 bridgehead atoms. The number of piperidine rings is 1. The van der Waals surface area contributed by atoms with Gasteiger partial charge in [-0.05, 0) is 37.0 Å². The molecule has 0 atom stereocenters. The zero-order valence-electron chi connectivity index (χ0n) is 15.4. The normalized spacial score (nSPS) is 14.9. The van der Waals surface area contributed by atoms with E-state index in [1.165, 1.54) is 23.9 Å². The number of aromatic nitrogens is 2. The van der Waals surface area contributed by atoms with Crippen molar-refractivity contribution >= 4 is 11.6 Å². The maximum atomic E-state index is 13.7. The van der Waals surface area contributed by atoms with Crippen LogP contribution in [0.3, 0.4) is 0 Å². The van der Waals surface area contributed by atoms with Crippen LogP contribution >= 0.6 is 0 Å². The molecule has 1 aromatic carbocycles. The van der Waals surface area contributed by atoms with Crippen molar-refractivity contribution in [3.8, 4) is 5.75 Å². The molecule has 1 aliphatic rings. The fraction of sp³-hybridized carbons (Fsp3) is 0.421. The molecular formula is C19H23FN4O3. The zero-order chi connectivity index (χ0) is 19.4. The monoisotopic (exact) mass is 374 g/mol. The molecule has 1 saturated heterocycles. The number of methoxy groups -OCH3 is 1. The predicted octanol–water partition coefficient (Wildman–Crippen LogP) is 1.57. The Bertz CT molecular complexity index is 875. The van der Waals surface area contributed by atoms with Crippen LogP contribution in [0.25, 0.3) is 0 Å². The van der Waals surface area contributed by atoms with E-state index in [9.17, 15) is 14.0 Å². The lowest BCUT2D eigenvalue weighted by molar-refractivity contribution is 0.0944. The number of anilines is 1. The fourth-order valence-corrected chi connectivity index (χ4v) is 3.17. The first-order valence-corrected chi connectivity index (χ1v) is 8.88. The fourth-order valence-electron chi connectivity index (χ4n) is 3.17. The number of benzene rings is 1. The van der Waals surface area contributed by atoms with E-state index in [1.807, 2.05) is 0 Å². The lowest BCUT2D eigenvalue weighted by atomic mass is 9.96. The van der Waals surface area contributed by atoms with Crippen LogP contribution in [0, 0.1) is 11.7 Å². The van der Waals surface area contributed by atoms with Crippen molar-refractivity contribution in [2.45, 2.75) is 12.8 Å². The third-order valence-corrected chi connectivity index (χ3v) is 4.90. The summed E-state index contributed by atoms with van der Waals surface area (Å²) in [6, 6.07) is 5.76. The number of halogens is 1. The Morgan fingerprint density at radius 2 is 2.07 bits per heavy atom. The molecular weight excluding hydrogens is 351 g/mol. The molecule has 1 fully saturated rings. The second-order valence-electron chi connectivity index (χ2n) is 6.67. The van der Waals surface area contributed by atoms with Crippen molar-refractivity contribution in [2.75, 3.05) is 31.6 Å². The van der Waals surface area contributed by atoms with Crippen LogP contribution < -0.4 is 20.5 Å². The molecule has 1 aromatic heterocycles. The second kappa shape index (κ2) is 8.20. The second-order valence-corrected chi connectivity index (χ2v) is 6.67. The number of rotatable bonds is 5. The third kappa shape index (κ3) is 4.45. The van der Waals surface area contributed by atoms with Crippen molar-refractivity contribution in [3.05, 3.63) is 52.2 Å². The van der Waals surface area contributed by atoms with Gasteiger partial charge in [-0.15, -0.1) is 0 Å². The van der Waals surface area contributed by atoms with Gasteiger partial charge in [0, 0.05) is 38.3 Å². The van der Waals surface area contributed by atoms with Crippen molar-refractivity contribution in [2.24, 2.45) is 13.0 Å². The molecule has 0 unspecified atom stereocenters. The minimum Gasteiger partial charge on any atom is -0.494 e. The molecule has 27 heavy (non-hydrogen) atoms. The van der Waals surface area contributed by atoms with Crippen molar-refractivity contribution in [1.29, 1.82) is 0 Å². The van der Waals surface area contributed by atoms with Crippen LogP contribution in [0.4, 0.5) is 10.1 Å². The summed E-state index contributed by atoms with van der Waals surface area (Å²) in [5.41, 5.74) is 0.972. The summed E-state index contributed by atoms with van der Waals surface area (Å²) in [5.74, 6) is -0.396. The Hall–Kier alpha value is -2.90. The highest BCUT2D eigenvalue weighted by Gasteiger charge is 2.21. The average Bonchev–Trinajstić information content (AvgIpc) is 2.68. The van der Waals surface area contributed by atoms with Gasteiger partial charge in [-0.2, -0.15) is 5.10 Å². The molecule has 1 amide bonds. The van der Waals surface area contributed by atoms with Gasteiger partial charge in [-0.3, -0.25) is 9.59 Å². The Kier molecular flexibility index (Phi) is 5.73. The van der Waals surface area contributed by atoms with Gasteiger partial charge in [0.1, 0.15) is 0 Å². The highest BCUT2D eigenvalue weighted by molar-refractivity contribution is 5.94. The maximum Gasteiger partial charge on any atom is 0.268 e. The summed E-state index contributed by atoms with van der Waals surface area (Å²) in [7, 11) is 3.00. The number of hydrogen-bond acceptors (Lipinski definition) is 5. The summed E-state index contributed by atoms with van der Waals surface area (Å²) in [4.78, 5) is 26.1. The molecule has 0 aliphatic carbocycles. The van der Waals surface area contributed by atoms with Crippen LogP contribution in [0.1, 0.15) is 23.2 Å². The maximum absolute atomic E-state index is 13.7. The molecule has 1 aliphatic heterocycles. The van der Waals surface area contributed by atoms with E-state index < -0.39 is 5.82 Å². The van der Waals surface area contributed by atoms with Gasteiger partial charge in [-0.1, -0.05) is 0 Å². The minimum absolute atomic E-state index is 0.115. The molecule has 8 heteroatoms. The molecule has 2 heterocycles. The Morgan fingerprint density at radius 3 is 2.70 bits per heavy atom. The predicted molar refractivity (Wildman–Crippen MR) is 99.7 cm³/mol. The van der Waals surface area contributed by atoms with Crippen LogP contribution in [0.5, 0.6) is 5.75 Å². The van der Waals surface area contributed by atoms with Gasteiger partial charge in [0.15, 0.2) is 11.6 Å². The standard InChI is InChI=1S/C19H23FN4O3/c1-23-18(25)10-15(12-22-23)24-7-5-13(6-8-24)11-21-19(26)14-3-4-17(27-2)16(20)9-14/h3-4,9-10,12-13H,5-8,11H2,1-2H3,(H,21,26). The van der Waals surface area contributed by atoms with Gasteiger partial charge in [0.25, 0.3) is 11.5 Å². The Labute approximate surface area is 156 Å². The first kappa shape index (κ1) is 18.9. The molecule has 0 radical (unpaired) electrons. The zero-order valence-corrected chi connectivity index (χ0v) is 15.4. The topological polar surface area (TPSA) is 76.5 Å². The number of nitrogens with zero attached hydrogens (tertiary/aromatic N) is 3. The smallest absolute Gasteiger partial charge is 0.268 e. The molecule has 2 aromatic rings. The minimum atomic E-state index is -0.555. The Balaban J connectivity index is 1.50. The molecule has 0 saturated carbocycles. The SMILES string of the molecule is COc1ccc(C(=O)NCC2CCN(c3cnn(C)c(=O)c3)CC2)cc1F. The number of amides is 1. The first-order chi connectivity index (χ1) is 13.0. The summed E-state index contributed by atoms with van der Waals surface area (Å²) >= 11 is 0. The van der Waals surface area contributed by atoms with Gasteiger partial charge in [-0.25, -0.2) is 9.07 Å². The van der Waals surface area contributed by atoms with E-state index in [4.69, 9.17) is 4.74 Å². The average molecular weight is 374 g/mol. The number of aryl methyl sites for hydroxylation is 1. The summed E-state index contributed by atoms with van der Waals surface area (Å²) in [6.07, 6.45) is 3.49. The highest BCUT2D eigenvalue weighted by Crippen LogP contribution is 2.22. The summed E-state index contributed by atoms with van der Waals surface area (Å²) in [6.45, 7) is 2.13. The third-order valence-electron chi connectivity index (χ3n) is 4.90. The van der Waals surface area contributed by atoms with Crippen LogP contribution in [0.2, 0.25) is 0 Å². The van der Waals surface area contributed by atoms with E-state index in [2.05, 4.69) is 15.3 Å². The summed E-state index contributed by atoms with van der Waals surface area (Å²) in [5, 5.41) is 6.93. The van der Waals surface area contributed by atoms with Gasteiger partial charge < -0.3 is 15.0 Å². The largest absolute Gasteiger partial charge is 0.494 e. The highest BCUT2D eigenvalue weighted by atomic mass is 19.1. The Morgan fingerprint density at radius 1 is 1.33 bits per heavy atom. The number of nitrogens with one attached hydrogen (secondary N) is 1. The van der Waals surface area contributed by atoms with Crippen molar-refractivity contribution in [3.63, 3.8) is 0 Å². The van der Waals surface area contributed by atoms with Crippen molar-refractivity contribution < 1.29 is 13.9 Å². The number of carbonyl (C=O) groups is 1. The van der Waals surface area contributed by atoms with Crippen LogP contribution in [-0.4, -0.2) is 42.4 Å². The van der Waals surface area contributed by atoms with E-state index in [-0.39, 0.29) is 22.8 Å². The molecule has 3 rings (SSSR count). The van der Waals surface area contributed by atoms with Crippen LogP contribution in [0.15, 0.2) is 35.3 Å². The number of carbonyl (C=O) groups excluding carboxylic acids is 1. The molecule has 7 nitrogen and oxygen atoms in total. The van der Waals surface area contributed by atoms with Gasteiger partial charge in [0.2, 0.25) is 0 Å². The lowest BCUT2D eigenvalue weighted by Crippen LogP contribution is -2.39. The number of ether oxygens (including phenoxy) is 1. The van der Waals surface area contributed by atoms with Crippen molar-refractivity contribution in [1.82, 2.24) is 15.1 Å². The van der Waals surface area contributed by atoms with Gasteiger partial charge in [0.05, 0.1) is 19.0 Å². The molecule has 1 N–H and O–H groups in total. The quantitative estimate of drug-likeness (QED) is 0.860. The molecule has 0 spiro atoms. The van der Waals surface area contributed by atoms with Crippen LogP contribution in [-0.2, 0) is 7.05 Å². The number of hydrogen-bond donors (Lipinski definition) is 1. The first-order valence-electron chi connectivity index (χ1n) is 8.88. The van der Waals surface area contributed by atoms with Gasteiger partial charge >= 0.3 is 0 Å². The van der Waals surface area contributed by atoms with E-state index >= 15 is 0 Å². The lowest BCUT2D eigenvalue weighted by Gasteiger charge is -2.33. The molecule has 144 valence electrons. The van der Waals surface area contributed by atoms with E-state index in [0.29, 0.717) is 12.5 Å². The van der Waals surface area contributed by atoms with E-state index in [0.717, 1.165) is 31.6 Å². The summed E-state index contributed by atoms with van der Waals surface area (Å²) < 4.78 is 19.9. The van der Waals surface area contributed by atoms with E-state index in [1.54, 1.807) is 25.4 Å².